The standard InChI is InChI=1S/C23H25N5O/c1-2-7-22(29)28-15-6-10-20(28)23-26-19(17-11-13-24-14-12-17)16-21(27-23)25-18-8-4-3-5-9-18/h3-5,8-9,11-14,16,20H,2,6-7,10,15H2,1H3,(H,25,26,27). The van der Waals surface area contributed by atoms with Gasteiger partial charge in [0.25, 0.3) is 0 Å². The highest BCUT2D eigenvalue weighted by atomic mass is 16.2. The monoisotopic (exact) mass is 387 g/mol. The van der Waals surface area contributed by atoms with Crippen LogP contribution in [0.2, 0.25) is 0 Å². The van der Waals surface area contributed by atoms with E-state index in [1.54, 1.807) is 12.4 Å². The Bertz CT molecular complexity index is 962. The fourth-order valence-electron chi connectivity index (χ4n) is 3.71. The molecule has 1 aliphatic rings. The van der Waals surface area contributed by atoms with Crippen LogP contribution in [0.25, 0.3) is 11.3 Å². The molecular formula is C23H25N5O. The normalized spacial score (nSPS) is 16.0. The number of pyridine rings is 1. The Morgan fingerprint density at radius 2 is 1.93 bits per heavy atom. The molecular weight excluding hydrogens is 362 g/mol. The molecule has 0 bridgehead atoms. The van der Waals surface area contributed by atoms with Crippen molar-refractivity contribution in [3.05, 3.63) is 66.7 Å². The van der Waals surface area contributed by atoms with Crippen LogP contribution in [0.15, 0.2) is 60.9 Å². The van der Waals surface area contributed by atoms with Gasteiger partial charge in [0.2, 0.25) is 5.91 Å². The van der Waals surface area contributed by atoms with Crippen molar-refractivity contribution in [3.63, 3.8) is 0 Å². The lowest BCUT2D eigenvalue weighted by Crippen LogP contribution is -2.31. The molecule has 4 rings (SSSR count). The van der Waals surface area contributed by atoms with Crippen LogP contribution in [0.4, 0.5) is 11.5 Å². The summed E-state index contributed by atoms with van der Waals surface area (Å²) < 4.78 is 0. The summed E-state index contributed by atoms with van der Waals surface area (Å²) in [7, 11) is 0. The zero-order valence-electron chi connectivity index (χ0n) is 16.6. The SMILES string of the molecule is CCCC(=O)N1CCCC1c1nc(Nc2ccccc2)cc(-c2ccncc2)n1. The van der Waals surface area contributed by atoms with Gasteiger partial charge in [0, 0.05) is 42.7 Å². The molecule has 0 saturated carbocycles. The van der Waals surface area contributed by atoms with Crippen LogP contribution in [-0.4, -0.2) is 32.3 Å². The maximum atomic E-state index is 12.6. The number of para-hydroxylation sites is 1. The highest BCUT2D eigenvalue weighted by Crippen LogP contribution is 2.33. The van der Waals surface area contributed by atoms with E-state index < -0.39 is 0 Å². The topological polar surface area (TPSA) is 71.0 Å². The van der Waals surface area contributed by atoms with Crippen LogP contribution >= 0.6 is 0 Å². The van der Waals surface area contributed by atoms with Crippen molar-refractivity contribution in [2.45, 2.75) is 38.6 Å². The van der Waals surface area contributed by atoms with Gasteiger partial charge in [-0.2, -0.15) is 0 Å². The molecule has 148 valence electrons. The number of hydrogen-bond acceptors (Lipinski definition) is 5. The van der Waals surface area contributed by atoms with Gasteiger partial charge in [-0.3, -0.25) is 9.78 Å². The van der Waals surface area contributed by atoms with E-state index in [1.165, 1.54) is 0 Å². The maximum absolute atomic E-state index is 12.6. The van der Waals surface area contributed by atoms with Crippen LogP contribution in [-0.2, 0) is 4.79 Å². The van der Waals surface area contributed by atoms with Gasteiger partial charge in [0.15, 0.2) is 5.82 Å². The van der Waals surface area contributed by atoms with Gasteiger partial charge in [-0.1, -0.05) is 25.1 Å². The molecule has 3 aromatic rings. The van der Waals surface area contributed by atoms with Gasteiger partial charge in [0.1, 0.15) is 5.82 Å². The number of rotatable bonds is 6. The third-order valence-corrected chi connectivity index (χ3v) is 5.10. The largest absolute Gasteiger partial charge is 0.340 e. The van der Waals surface area contributed by atoms with Gasteiger partial charge in [-0.15, -0.1) is 0 Å². The van der Waals surface area contributed by atoms with Crippen molar-refractivity contribution in [3.8, 4) is 11.3 Å². The zero-order valence-corrected chi connectivity index (χ0v) is 16.6. The van der Waals surface area contributed by atoms with Crippen molar-refractivity contribution >= 4 is 17.4 Å². The fourth-order valence-corrected chi connectivity index (χ4v) is 3.71. The van der Waals surface area contributed by atoms with E-state index in [0.717, 1.165) is 48.6 Å². The first-order valence-electron chi connectivity index (χ1n) is 10.2. The Labute approximate surface area is 171 Å². The predicted octanol–water partition coefficient (Wildman–Crippen LogP) is 4.75. The summed E-state index contributed by atoms with van der Waals surface area (Å²) in [5.41, 5.74) is 2.76. The molecule has 1 saturated heterocycles. The summed E-state index contributed by atoms with van der Waals surface area (Å²) in [6, 6.07) is 15.7. The minimum Gasteiger partial charge on any atom is -0.340 e. The van der Waals surface area contributed by atoms with E-state index in [1.807, 2.05) is 60.4 Å². The molecule has 1 N–H and O–H groups in total. The Kier molecular flexibility index (Phi) is 5.79. The summed E-state index contributed by atoms with van der Waals surface area (Å²) in [4.78, 5) is 28.3. The van der Waals surface area contributed by atoms with E-state index in [2.05, 4.69) is 10.3 Å². The first-order chi connectivity index (χ1) is 14.2. The van der Waals surface area contributed by atoms with Crippen LogP contribution in [0, 0.1) is 0 Å². The highest BCUT2D eigenvalue weighted by Gasteiger charge is 2.32. The molecule has 2 aromatic heterocycles. The molecule has 1 fully saturated rings. The number of anilines is 2. The Balaban J connectivity index is 1.72. The third kappa shape index (κ3) is 4.42. The second-order valence-corrected chi connectivity index (χ2v) is 7.22. The lowest BCUT2D eigenvalue weighted by atomic mass is 10.1. The summed E-state index contributed by atoms with van der Waals surface area (Å²) in [6.45, 7) is 2.80. The Hall–Kier alpha value is -3.28. The number of aromatic nitrogens is 3. The van der Waals surface area contributed by atoms with Crippen LogP contribution in [0.5, 0.6) is 0 Å². The van der Waals surface area contributed by atoms with E-state index in [9.17, 15) is 4.79 Å². The zero-order chi connectivity index (χ0) is 20.1. The molecule has 6 heteroatoms. The number of benzene rings is 1. The maximum Gasteiger partial charge on any atom is 0.223 e. The average molecular weight is 387 g/mol. The van der Waals surface area contributed by atoms with E-state index >= 15 is 0 Å². The number of nitrogens with zero attached hydrogens (tertiary/aromatic N) is 4. The molecule has 3 heterocycles. The first kappa shape index (κ1) is 19.1. The number of hydrogen-bond donors (Lipinski definition) is 1. The molecule has 0 aliphatic carbocycles. The van der Waals surface area contributed by atoms with Crippen molar-refractivity contribution in [2.75, 3.05) is 11.9 Å². The average Bonchev–Trinajstić information content (AvgIpc) is 3.25. The number of nitrogens with one attached hydrogen (secondary N) is 1. The number of carbonyl (C=O) groups excluding carboxylic acids is 1. The molecule has 6 nitrogen and oxygen atoms in total. The van der Waals surface area contributed by atoms with Crippen LogP contribution < -0.4 is 5.32 Å². The van der Waals surface area contributed by atoms with E-state index in [0.29, 0.717) is 12.2 Å². The Morgan fingerprint density at radius 1 is 1.14 bits per heavy atom. The molecule has 29 heavy (non-hydrogen) atoms. The van der Waals surface area contributed by atoms with E-state index in [-0.39, 0.29) is 11.9 Å². The predicted molar refractivity (Wildman–Crippen MR) is 114 cm³/mol. The van der Waals surface area contributed by atoms with Crippen molar-refractivity contribution < 1.29 is 4.79 Å². The fraction of sp³-hybridized carbons (Fsp3) is 0.304. The van der Waals surface area contributed by atoms with Gasteiger partial charge in [-0.25, -0.2) is 9.97 Å². The first-order valence-corrected chi connectivity index (χ1v) is 10.2. The van der Waals surface area contributed by atoms with Gasteiger partial charge in [0.05, 0.1) is 11.7 Å². The molecule has 1 aromatic carbocycles. The summed E-state index contributed by atoms with van der Waals surface area (Å²) in [5.74, 6) is 1.60. The smallest absolute Gasteiger partial charge is 0.223 e. The van der Waals surface area contributed by atoms with Crippen LogP contribution in [0.1, 0.15) is 44.5 Å². The second-order valence-electron chi connectivity index (χ2n) is 7.22. The minimum atomic E-state index is -0.0767. The molecule has 0 spiro atoms. The lowest BCUT2D eigenvalue weighted by Gasteiger charge is -2.24. The molecule has 1 unspecified atom stereocenters. The molecule has 1 amide bonds. The highest BCUT2D eigenvalue weighted by molar-refractivity contribution is 5.77. The van der Waals surface area contributed by atoms with Gasteiger partial charge in [-0.05, 0) is 43.5 Å². The quantitative estimate of drug-likeness (QED) is 0.661. The molecule has 0 radical (unpaired) electrons. The molecule has 1 atom stereocenters. The minimum absolute atomic E-state index is 0.0767. The Morgan fingerprint density at radius 3 is 2.69 bits per heavy atom. The third-order valence-electron chi connectivity index (χ3n) is 5.10. The number of likely N-dealkylation sites (tertiary alicyclic amines) is 1. The summed E-state index contributed by atoms with van der Waals surface area (Å²) in [5, 5.41) is 3.38. The van der Waals surface area contributed by atoms with E-state index in [4.69, 9.17) is 9.97 Å². The van der Waals surface area contributed by atoms with Crippen LogP contribution in [0.3, 0.4) is 0 Å². The van der Waals surface area contributed by atoms with Crippen molar-refractivity contribution in [2.24, 2.45) is 0 Å². The number of amides is 1. The van der Waals surface area contributed by atoms with Gasteiger partial charge < -0.3 is 10.2 Å². The summed E-state index contributed by atoms with van der Waals surface area (Å²) in [6.07, 6.45) is 6.79. The van der Waals surface area contributed by atoms with Crippen molar-refractivity contribution in [1.82, 2.24) is 19.9 Å². The number of carbonyl (C=O) groups is 1. The van der Waals surface area contributed by atoms with Crippen molar-refractivity contribution in [1.29, 1.82) is 0 Å². The summed E-state index contributed by atoms with van der Waals surface area (Å²) >= 11 is 0. The van der Waals surface area contributed by atoms with Gasteiger partial charge >= 0.3 is 0 Å². The molecule has 1 aliphatic heterocycles. The second kappa shape index (κ2) is 8.82. The lowest BCUT2D eigenvalue weighted by molar-refractivity contribution is -0.132.